The Kier molecular flexibility index (Phi) is 4.36. The number of methoxy groups -OCH3 is 1. The van der Waals surface area contributed by atoms with Gasteiger partial charge < -0.3 is 9.47 Å². The average molecular weight is 370 g/mol. The summed E-state index contributed by atoms with van der Waals surface area (Å²) in [6.45, 7) is 5.23. The topological polar surface area (TPSA) is 52.6 Å². The van der Waals surface area contributed by atoms with Crippen LogP contribution in [0.4, 0.5) is 0 Å². The van der Waals surface area contributed by atoms with Gasteiger partial charge in [-0.3, -0.25) is 9.59 Å². The predicted octanol–water partition coefficient (Wildman–Crippen LogP) is 4.44. The number of ketones is 1. The summed E-state index contributed by atoms with van der Waals surface area (Å²) < 4.78 is 11.2. The Hall–Kier alpha value is -1.84. The van der Waals surface area contributed by atoms with E-state index in [1.54, 1.807) is 14.0 Å². The number of hydrogen-bond donors (Lipinski definition) is 0. The molecule has 0 radical (unpaired) electrons. The van der Waals surface area contributed by atoms with Gasteiger partial charge in [-0.15, -0.1) is 0 Å². The van der Waals surface area contributed by atoms with E-state index in [4.69, 9.17) is 9.47 Å². The van der Waals surface area contributed by atoms with Gasteiger partial charge >= 0.3 is 5.97 Å². The van der Waals surface area contributed by atoms with E-state index < -0.39 is 5.60 Å². The van der Waals surface area contributed by atoms with Crippen LogP contribution in [0.3, 0.4) is 0 Å². The minimum atomic E-state index is -0.936. The third-order valence-electron chi connectivity index (χ3n) is 7.94. The van der Waals surface area contributed by atoms with Crippen molar-refractivity contribution in [2.24, 2.45) is 17.3 Å². The van der Waals surface area contributed by atoms with E-state index >= 15 is 0 Å². The first-order chi connectivity index (χ1) is 12.8. The number of carbonyl (C=O) groups excluding carboxylic acids is 2. The zero-order valence-corrected chi connectivity index (χ0v) is 16.8. The van der Waals surface area contributed by atoms with Crippen molar-refractivity contribution in [1.82, 2.24) is 0 Å². The maximum atomic E-state index is 12.7. The van der Waals surface area contributed by atoms with Crippen LogP contribution in [-0.4, -0.2) is 24.5 Å². The number of ether oxygens (including phenoxy) is 2. The molecule has 4 heteroatoms. The predicted molar refractivity (Wildman–Crippen MR) is 103 cm³/mol. The molecule has 3 aliphatic carbocycles. The smallest absolute Gasteiger partial charge is 0.303 e. The molecule has 0 aliphatic heterocycles. The van der Waals surface area contributed by atoms with Crippen molar-refractivity contribution in [2.75, 3.05) is 7.11 Å². The SMILES string of the molecule is COc1ccc2c(c1)CC[C@@H]1[C@@H]2CC[C@@]2(C)[C@H]1CC[C@@]2(OC(C)=O)C(C)=O. The Morgan fingerprint density at radius 3 is 2.56 bits per heavy atom. The summed E-state index contributed by atoms with van der Waals surface area (Å²) in [5, 5.41) is 0. The van der Waals surface area contributed by atoms with Gasteiger partial charge in [-0.1, -0.05) is 13.0 Å². The molecular formula is C23H30O4. The fraction of sp³-hybridized carbons (Fsp3) is 0.652. The van der Waals surface area contributed by atoms with Crippen LogP contribution in [0.1, 0.15) is 69.9 Å². The molecule has 4 rings (SSSR count). The molecule has 3 aliphatic rings. The van der Waals surface area contributed by atoms with Gasteiger partial charge in [0.05, 0.1) is 7.11 Å². The van der Waals surface area contributed by atoms with Crippen molar-refractivity contribution in [3.05, 3.63) is 29.3 Å². The van der Waals surface area contributed by atoms with Crippen LogP contribution >= 0.6 is 0 Å². The standard InChI is InChI=1S/C23H30O4/c1-14(24)23(27-15(2)25)12-10-21-20-7-5-16-13-17(26-4)6-8-18(16)19(20)9-11-22(21,23)3/h6,8,13,19-21H,5,7,9-12H2,1-4H3/t19-,20-,21+,22+,23-/m1/s1. The molecule has 0 spiro atoms. The van der Waals surface area contributed by atoms with Gasteiger partial charge in [0.15, 0.2) is 11.4 Å². The van der Waals surface area contributed by atoms with Gasteiger partial charge in [0.1, 0.15) is 5.75 Å². The third kappa shape index (κ3) is 2.55. The van der Waals surface area contributed by atoms with E-state index in [1.165, 1.54) is 18.1 Å². The summed E-state index contributed by atoms with van der Waals surface area (Å²) in [4.78, 5) is 24.5. The first-order valence-electron chi connectivity index (χ1n) is 10.2. The largest absolute Gasteiger partial charge is 0.497 e. The second-order valence-corrected chi connectivity index (χ2v) is 8.95. The van der Waals surface area contributed by atoms with Crippen molar-refractivity contribution in [3.8, 4) is 5.75 Å². The third-order valence-corrected chi connectivity index (χ3v) is 7.94. The van der Waals surface area contributed by atoms with Gasteiger partial charge in [0, 0.05) is 12.3 Å². The summed E-state index contributed by atoms with van der Waals surface area (Å²) in [7, 11) is 1.72. The molecule has 0 amide bonds. The molecule has 0 bridgehead atoms. The van der Waals surface area contributed by atoms with E-state index in [2.05, 4.69) is 25.1 Å². The van der Waals surface area contributed by atoms with Crippen LogP contribution < -0.4 is 4.74 Å². The van der Waals surface area contributed by atoms with Crippen LogP contribution in [0.25, 0.3) is 0 Å². The monoisotopic (exact) mass is 370 g/mol. The van der Waals surface area contributed by atoms with E-state index in [1.807, 2.05) is 0 Å². The number of rotatable bonds is 3. The van der Waals surface area contributed by atoms with Crippen molar-refractivity contribution < 1.29 is 19.1 Å². The van der Waals surface area contributed by atoms with E-state index in [0.717, 1.165) is 37.9 Å². The Morgan fingerprint density at radius 2 is 1.89 bits per heavy atom. The molecule has 0 heterocycles. The Bertz CT molecular complexity index is 785. The highest BCUT2D eigenvalue weighted by atomic mass is 16.6. The van der Waals surface area contributed by atoms with E-state index in [9.17, 15) is 9.59 Å². The maximum Gasteiger partial charge on any atom is 0.303 e. The van der Waals surface area contributed by atoms with Gasteiger partial charge in [-0.25, -0.2) is 0 Å². The molecule has 1 aromatic carbocycles. The summed E-state index contributed by atoms with van der Waals surface area (Å²) >= 11 is 0. The lowest BCUT2D eigenvalue weighted by Gasteiger charge is -2.53. The van der Waals surface area contributed by atoms with Crippen LogP contribution in [-0.2, 0) is 20.7 Å². The molecule has 2 saturated carbocycles. The second-order valence-electron chi connectivity index (χ2n) is 8.95. The lowest BCUT2D eigenvalue weighted by atomic mass is 9.53. The van der Waals surface area contributed by atoms with E-state index in [0.29, 0.717) is 24.2 Å². The van der Waals surface area contributed by atoms with Gasteiger partial charge in [-0.05, 0) is 86.5 Å². The van der Waals surface area contributed by atoms with Gasteiger partial charge in [0.2, 0.25) is 0 Å². The van der Waals surface area contributed by atoms with Crippen LogP contribution in [0, 0.1) is 17.3 Å². The highest BCUT2D eigenvalue weighted by Crippen LogP contribution is 2.65. The first-order valence-corrected chi connectivity index (χ1v) is 10.2. The molecule has 0 aromatic heterocycles. The summed E-state index contributed by atoms with van der Waals surface area (Å²) in [5.74, 6) is 2.13. The normalized spacial score (nSPS) is 37.0. The lowest BCUT2D eigenvalue weighted by molar-refractivity contribution is -0.183. The minimum absolute atomic E-state index is 0.0158. The Labute approximate surface area is 161 Å². The maximum absolute atomic E-state index is 12.7. The summed E-state index contributed by atoms with van der Waals surface area (Å²) in [5.41, 5.74) is 1.68. The molecular weight excluding hydrogens is 340 g/mol. The molecule has 2 fully saturated rings. The fourth-order valence-electron chi connectivity index (χ4n) is 6.75. The van der Waals surface area contributed by atoms with Crippen LogP contribution in [0.5, 0.6) is 5.75 Å². The van der Waals surface area contributed by atoms with Crippen molar-refractivity contribution in [2.45, 2.75) is 70.8 Å². The molecule has 0 saturated heterocycles. The number of fused-ring (bicyclic) bond motifs is 5. The van der Waals surface area contributed by atoms with Crippen molar-refractivity contribution >= 4 is 11.8 Å². The van der Waals surface area contributed by atoms with Crippen molar-refractivity contribution in [3.63, 3.8) is 0 Å². The summed E-state index contributed by atoms with van der Waals surface area (Å²) in [6.07, 6.45) is 5.81. The molecule has 27 heavy (non-hydrogen) atoms. The van der Waals surface area contributed by atoms with Crippen LogP contribution in [0.15, 0.2) is 18.2 Å². The second kappa shape index (κ2) is 6.35. The number of aryl methyl sites for hydroxylation is 1. The number of Topliss-reactive ketones (excluding diaryl/α,β-unsaturated/α-hetero) is 1. The number of esters is 1. The Balaban J connectivity index is 1.69. The lowest BCUT2D eigenvalue weighted by Crippen LogP contribution is -2.56. The van der Waals surface area contributed by atoms with Gasteiger partial charge in [0.25, 0.3) is 0 Å². The number of hydrogen-bond acceptors (Lipinski definition) is 4. The van der Waals surface area contributed by atoms with Crippen LogP contribution in [0.2, 0.25) is 0 Å². The average Bonchev–Trinajstić information content (AvgIpc) is 2.94. The van der Waals surface area contributed by atoms with E-state index in [-0.39, 0.29) is 17.2 Å². The summed E-state index contributed by atoms with van der Waals surface area (Å²) in [6, 6.07) is 6.50. The molecule has 5 atom stereocenters. The Morgan fingerprint density at radius 1 is 1.11 bits per heavy atom. The highest BCUT2D eigenvalue weighted by Gasteiger charge is 2.66. The molecule has 0 unspecified atom stereocenters. The highest BCUT2D eigenvalue weighted by molar-refractivity contribution is 5.89. The number of benzene rings is 1. The molecule has 4 nitrogen and oxygen atoms in total. The number of carbonyl (C=O) groups is 2. The zero-order chi connectivity index (χ0) is 19.4. The zero-order valence-electron chi connectivity index (χ0n) is 16.8. The van der Waals surface area contributed by atoms with Crippen molar-refractivity contribution in [1.29, 1.82) is 0 Å². The molecule has 0 N–H and O–H groups in total. The molecule has 1 aromatic rings. The minimum Gasteiger partial charge on any atom is -0.497 e. The van der Waals surface area contributed by atoms with Gasteiger partial charge in [-0.2, -0.15) is 0 Å². The quantitative estimate of drug-likeness (QED) is 0.738. The molecule has 146 valence electrons. The fourth-order valence-corrected chi connectivity index (χ4v) is 6.75. The first kappa shape index (κ1) is 18.5.